The molecule has 0 aliphatic carbocycles. The van der Waals surface area contributed by atoms with Crippen LogP contribution in [-0.4, -0.2) is 17.1 Å². The SMILES string of the molecule is COc1cnc(COc2ccccc2)cn1. The fourth-order valence-electron chi connectivity index (χ4n) is 1.20. The van der Waals surface area contributed by atoms with Gasteiger partial charge in [-0.1, -0.05) is 18.2 Å². The Kier molecular flexibility index (Phi) is 3.33. The number of ether oxygens (including phenoxy) is 2. The molecule has 1 aromatic carbocycles. The first kappa shape index (κ1) is 10.4. The number of nitrogens with zero attached hydrogens (tertiary/aromatic N) is 2. The van der Waals surface area contributed by atoms with Crippen LogP contribution in [0, 0.1) is 0 Å². The molecule has 0 bridgehead atoms. The summed E-state index contributed by atoms with van der Waals surface area (Å²) in [5.41, 5.74) is 0.768. The van der Waals surface area contributed by atoms with Gasteiger partial charge in [-0.3, -0.25) is 4.98 Å². The largest absolute Gasteiger partial charge is 0.487 e. The lowest BCUT2D eigenvalue weighted by Gasteiger charge is -2.05. The van der Waals surface area contributed by atoms with Crippen LogP contribution >= 0.6 is 0 Å². The molecule has 1 aromatic heterocycles. The van der Waals surface area contributed by atoms with E-state index in [-0.39, 0.29) is 0 Å². The molecule has 0 saturated carbocycles. The van der Waals surface area contributed by atoms with Gasteiger partial charge in [0.2, 0.25) is 5.88 Å². The molecule has 82 valence electrons. The number of para-hydroxylation sites is 1. The van der Waals surface area contributed by atoms with Crippen molar-refractivity contribution < 1.29 is 9.47 Å². The Balaban J connectivity index is 1.94. The number of hydrogen-bond donors (Lipinski definition) is 0. The zero-order valence-electron chi connectivity index (χ0n) is 8.96. The molecule has 2 rings (SSSR count). The summed E-state index contributed by atoms with van der Waals surface area (Å²) in [6.07, 6.45) is 3.21. The van der Waals surface area contributed by atoms with Crippen LogP contribution < -0.4 is 9.47 Å². The molecule has 0 amide bonds. The van der Waals surface area contributed by atoms with Gasteiger partial charge in [-0.2, -0.15) is 0 Å². The van der Waals surface area contributed by atoms with Gasteiger partial charge in [-0.25, -0.2) is 4.98 Å². The van der Waals surface area contributed by atoms with Crippen LogP contribution in [0.4, 0.5) is 0 Å². The molecular formula is C12H12N2O2. The standard InChI is InChI=1S/C12H12N2O2/c1-15-12-8-13-10(7-14-12)9-16-11-5-3-2-4-6-11/h2-8H,9H2,1H3. The van der Waals surface area contributed by atoms with Gasteiger partial charge in [0.15, 0.2) is 0 Å². The summed E-state index contributed by atoms with van der Waals surface area (Å²) >= 11 is 0. The second-order valence-electron chi connectivity index (χ2n) is 3.15. The number of hydrogen-bond acceptors (Lipinski definition) is 4. The van der Waals surface area contributed by atoms with E-state index in [0.29, 0.717) is 12.5 Å². The van der Waals surface area contributed by atoms with E-state index in [2.05, 4.69) is 9.97 Å². The molecule has 2 aromatic rings. The van der Waals surface area contributed by atoms with Gasteiger partial charge in [0.1, 0.15) is 12.4 Å². The zero-order chi connectivity index (χ0) is 11.2. The van der Waals surface area contributed by atoms with Crippen LogP contribution in [0.5, 0.6) is 11.6 Å². The second kappa shape index (κ2) is 5.11. The van der Waals surface area contributed by atoms with Crippen molar-refractivity contribution in [2.45, 2.75) is 6.61 Å². The average molecular weight is 216 g/mol. The van der Waals surface area contributed by atoms with Crippen molar-refractivity contribution in [2.75, 3.05) is 7.11 Å². The summed E-state index contributed by atoms with van der Waals surface area (Å²) in [5.74, 6) is 1.32. The molecule has 0 unspecified atom stereocenters. The number of methoxy groups -OCH3 is 1. The maximum absolute atomic E-state index is 5.52. The van der Waals surface area contributed by atoms with E-state index in [0.717, 1.165) is 11.4 Å². The summed E-state index contributed by atoms with van der Waals surface area (Å²) in [5, 5.41) is 0. The second-order valence-corrected chi connectivity index (χ2v) is 3.15. The Hall–Kier alpha value is -2.10. The van der Waals surface area contributed by atoms with Crippen LogP contribution in [-0.2, 0) is 6.61 Å². The van der Waals surface area contributed by atoms with E-state index in [1.54, 1.807) is 19.5 Å². The fraction of sp³-hybridized carbons (Fsp3) is 0.167. The molecule has 0 atom stereocenters. The Morgan fingerprint density at radius 1 is 1.06 bits per heavy atom. The third-order valence-electron chi connectivity index (χ3n) is 2.02. The summed E-state index contributed by atoms with van der Waals surface area (Å²) < 4.78 is 10.4. The lowest BCUT2D eigenvalue weighted by atomic mass is 10.3. The predicted octanol–water partition coefficient (Wildman–Crippen LogP) is 2.06. The zero-order valence-corrected chi connectivity index (χ0v) is 8.96. The first-order valence-electron chi connectivity index (χ1n) is 4.91. The van der Waals surface area contributed by atoms with E-state index in [1.807, 2.05) is 30.3 Å². The Labute approximate surface area is 93.9 Å². The molecule has 16 heavy (non-hydrogen) atoms. The van der Waals surface area contributed by atoms with E-state index in [1.165, 1.54) is 0 Å². The highest BCUT2D eigenvalue weighted by Gasteiger charge is 1.98. The molecule has 0 N–H and O–H groups in total. The van der Waals surface area contributed by atoms with E-state index < -0.39 is 0 Å². The van der Waals surface area contributed by atoms with Gasteiger partial charge < -0.3 is 9.47 Å². The molecular weight excluding hydrogens is 204 g/mol. The Morgan fingerprint density at radius 3 is 2.50 bits per heavy atom. The van der Waals surface area contributed by atoms with Crippen molar-refractivity contribution in [2.24, 2.45) is 0 Å². The quantitative estimate of drug-likeness (QED) is 0.784. The third kappa shape index (κ3) is 2.70. The maximum atomic E-state index is 5.52. The van der Waals surface area contributed by atoms with Crippen molar-refractivity contribution >= 4 is 0 Å². The topological polar surface area (TPSA) is 44.2 Å². The molecule has 4 heteroatoms. The van der Waals surface area contributed by atoms with Crippen LogP contribution in [0.25, 0.3) is 0 Å². The van der Waals surface area contributed by atoms with Gasteiger partial charge in [0.25, 0.3) is 0 Å². The Morgan fingerprint density at radius 2 is 1.88 bits per heavy atom. The Bertz CT molecular complexity index is 429. The smallest absolute Gasteiger partial charge is 0.231 e. The van der Waals surface area contributed by atoms with E-state index >= 15 is 0 Å². The van der Waals surface area contributed by atoms with Gasteiger partial charge >= 0.3 is 0 Å². The van der Waals surface area contributed by atoms with Crippen molar-refractivity contribution in [3.63, 3.8) is 0 Å². The first-order valence-corrected chi connectivity index (χ1v) is 4.91. The van der Waals surface area contributed by atoms with Crippen LogP contribution in [0.3, 0.4) is 0 Å². The van der Waals surface area contributed by atoms with Crippen molar-refractivity contribution in [1.82, 2.24) is 9.97 Å². The van der Waals surface area contributed by atoms with Crippen molar-refractivity contribution in [3.05, 3.63) is 48.4 Å². The van der Waals surface area contributed by atoms with E-state index in [4.69, 9.17) is 9.47 Å². The van der Waals surface area contributed by atoms with Gasteiger partial charge in [-0.05, 0) is 12.1 Å². The van der Waals surface area contributed by atoms with Gasteiger partial charge in [0, 0.05) is 0 Å². The molecule has 0 aliphatic heterocycles. The normalized spacial score (nSPS) is 9.81. The lowest BCUT2D eigenvalue weighted by molar-refractivity contribution is 0.299. The highest BCUT2D eigenvalue weighted by molar-refractivity contribution is 5.21. The number of benzene rings is 1. The lowest BCUT2D eigenvalue weighted by Crippen LogP contribution is -1.99. The van der Waals surface area contributed by atoms with Crippen LogP contribution in [0.1, 0.15) is 5.69 Å². The summed E-state index contributed by atoms with van der Waals surface area (Å²) in [6, 6.07) is 9.60. The minimum absolute atomic E-state index is 0.404. The van der Waals surface area contributed by atoms with Crippen LogP contribution in [0.2, 0.25) is 0 Å². The first-order chi connectivity index (χ1) is 7.88. The minimum Gasteiger partial charge on any atom is -0.487 e. The van der Waals surface area contributed by atoms with Gasteiger partial charge in [-0.15, -0.1) is 0 Å². The maximum Gasteiger partial charge on any atom is 0.231 e. The third-order valence-corrected chi connectivity index (χ3v) is 2.02. The monoisotopic (exact) mass is 216 g/mol. The molecule has 0 saturated heterocycles. The molecule has 0 aliphatic rings. The molecule has 0 fully saturated rings. The number of rotatable bonds is 4. The summed E-state index contributed by atoms with van der Waals surface area (Å²) in [4.78, 5) is 8.20. The highest BCUT2D eigenvalue weighted by Crippen LogP contribution is 2.11. The highest BCUT2D eigenvalue weighted by atomic mass is 16.5. The molecule has 1 heterocycles. The molecule has 0 spiro atoms. The molecule has 0 radical (unpaired) electrons. The summed E-state index contributed by atoms with van der Waals surface area (Å²) in [7, 11) is 1.56. The predicted molar refractivity (Wildman–Crippen MR) is 59.4 cm³/mol. The average Bonchev–Trinajstić information content (AvgIpc) is 2.38. The molecule has 4 nitrogen and oxygen atoms in total. The van der Waals surface area contributed by atoms with E-state index in [9.17, 15) is 0 Å². The van der Waals surface area contributed by atoms with Crippen LogP contribution in [0.15, 0.2) is 42.7 Å². The summed E-state index contributed by atoms with van der Waals surface area (Å²) in [6.45, 7) is 0.404. The fourth-order valence-corrected chi connectivity index (χ4v) is 1.20. The van der Waals surface area contributed by atoms with Crippen molar-refractivity contribution in [1.29, 1.82) is 0 Å². The van der Waals surface area contributed by atoms with Gasteiger partial charge in [0.05, 0.1) is 25.2 Å². The number of aromatic nitrogens is 2. The van der Waals surface area contributed by atoms with Crippen molar-refractivity contribution in [3.8, 4) is 11.6 Å². The minimum atomic E-state index is 0.404.